The van der Waals surface area contributed by atoms with Crippen molar-refractivity contribution in [3.05, 3.63) is 32.0 Å². The van der Waals surface area contributed by atoms with E-state index < -0.39 is 0 Å². The number of ether oxygens (including phenoxy) is 2. The summed E-state index contributed by atoms with van der Waals surface area (Å²) in [6.07, 6.45) is 3.28. The summed E-state index contributed by atoms with van der Waals surface area (Å²) < 4.78 is 9.85. The second-order valence-corrected chi connectivity index (χ2v) is 4.40. The Morgan fingerprint density at radius 2 is 2.39 bits per heavy atom. The number of allylic oxidation sites excluding steroid dienone is 1. The van der Waals surface area contributed by atoms with Gasteiger partial charge in [0.1, 0.15) is 6.79 Å². The lowest BCUT2D eigenvalue weighted by Crippen LogP contribution is -1.98. The van der Waals surface area contributed by atoms with Gasteiger partial charge in [-0.05, 0) is 12.2 Å². The van der Waals surface area contributed by atoms with E-state index in [1.165, 1.54) is 7.11 Å². The number of nitrogens with zero attached hydrogens (tertiary/aromatic N) is 2. The Labute approximate surface area is 106 Å². The third kappa shape index (κ3) is 3.13. The molecule has 0 aromatic carbocycles. The molecule has 0 spiro atoms. The van der Waals surface area contributed by atoms with E-state index in [0.717, 1.165) is 11.3 Å². The van der Waals surface area contributed by atoms with Crippen LogP contribution in [0, 0.1) is 0 Å². The van der Waals surface area contributed by atoms with Gasteiger partial charge in [0.2, 0.25) is 5.88 Å². The van der Waals surface area contributed by atoms with Crippen molar-refractivity contribution in [2.75, 3.05) is 20.5 Å². The minimum Gasteiger partial charge on any atom is -0.493 e. The summed E-state index contributed by atoms with van der Waals surface area (Å²) in [5.41, 5.74) is 1.21. The summed E-state index contributed by atoms with van der Waals surface area (Å²) in [7, 11) is 1.53. The molecule has 0 atom stereocenters. The highest BCUT2D eigenvalue weighted by atomic mass is 32.1. The van der Waals surface area contributed by atoms with Crippen LogP contribution in [0.5, 0.6) is 5.88 Å². The van der Waals surface area contributed by atoms with Crippen molar-refractivity contribution >= 4 is 17.4 Å². The number of azo groups is 1. The number of aromatic amines is 1. The van der Waals surface area contributed by atoms with E-state index in [-0.39, 0.29) is 17.5 Å². The van der Waals surface area contributed by atoms with Crippen LogP contribution in [0.2, 0.25) is 0 Å². The number of aromatic nitrogens is 1. The molecule has 1 aromatic heterocycles. The first-order valence-corrected chi connectivity index (χ1v) is 5.83. The van der Waals surface area contributed by atoms with Crippen molar-refractivity contribution in [1.82, 2.24) is 4.98 Å². The van der Waals surface area contributed by atoms with Crippen LogP contribution in [0.15, 0.2) is 32.5 Å². The molecule has 2 rings (SSSR count). The number of hydrogen-bond donors (Lipinski definition) is 2. The van der Waals surface area contributed by atoms with Crippen LogP contribution in [-0.2, 0) is 9.47 Å². The second-order valence-electron chi connectivity index (χ2n) is 3.39. The molecule has 0 amide bonds. The van der Waals surface area contributed by atoms with Crippen LogP contribution in [0.3, 0.4) is 0 Å². The number of aromatic hydroxyl groups is 1. The Morgan fingerprint density at radius 3 is 3.06 bits per heavy atom. The van der Waals surface area contributed by atoms with Crippen LogP contribution in [-0.4, -0.2) is 30.6 Å². The van der Waals surface area contributed by atoms with Gasteiger partial charge < -0.3 is 14.6 Å². The largest absolute Gasteiger partial charge is 0.493 e. The maximum absolute atomic E-state index is 11.0. The van der Waals surface area contributed by atoms with Crippen LogP contribution in [0.4, 0.5) is 0 Å². The summed E-state index contributed by atoms with van der Waals surface area (Å²) in [5.74, 6) is -0.162. The summed E-state index contributed by atoms with van der Waals surface area (Å²) >= 11 is 0.904. The molecule has 0 unspecified atom stereocenters. The molecule has 18 heavy (non-hydrogen) atoms. The predicted octanol–water partition coefficient (Wildman–Crippen LogP) is 1.45. The fraction of sp³-hybridized carbons (Fsp3) is 0.300. The van der Waals surface area contributed by atoms with Gasteiger partial charge in [0.15, 0.2) is 0 Å². The lowest BCUT2D eigenvalue weighted by atomic mass is 10.3. The van der Waals surface area contributed by atoms with Gasteiger partial charge in [-0.15, -0.1) is 0 Å². The lowest BCUT2D eigenvalue weighted by Gasteiger charge is -1.98. The molecule has 1 aliphatic rings. The number of hydrogen-bond acceptors (Lipinski definition) is 7. The van der Waals surface area contributed by atoms with Crippen LogP contribution < -0.4 is 4.87 Å². The highest BCUT2D eigenvalue weighted by Crippen LogP contribution is 2.24. The Bertz CT molecular complexity index is 570. The number of H-pyrrole nitrogens is 1. The van der Waals surface area contributed by atoms with Crippen LogP contribution in [0.1, 0.15) is 4.88 Å². The van der Waals surface area contributed by atoms with Gasteiger partial charge in [0.05, 0.1) is 22.9 Å². The van der Waals surface area contributed by atoms with E-state index in [1.54, 1.807) is 12.2 Å². The number of thiazole rings is 1. The van der Waals surface area contributed by atoms with Gasteiger partial charge in [-0.1, -0.05) is 11.3 Å². The maximum atomic E-state index is 11.0. The smallest absolute Gasteiger partial charge is 0.307 e. The minimum absolute atomic E-state index is 0.162. The molecule has 0 fully saturated rings. The first kappa shape index (κ1) is 12.7. The van der Waals surface area contributed by atoms with Gasteiger partial charge in [0.25, 0.3) is 0 Å². The molecule has 1 aromatic rings. The van der Waals surface area contributed by atoms with Crippen LogP contribution in [0.25, 0.3) is 6.08 Å². The van der Waals surface area contributed by atoms with E-state index in [9.17, 15) is 9.90 Å². The molecule has 1 aliphatic heterocycles. The fourth-order valence-corrected chi connectivity index (χ4v) is 1.96. The van der Waals surface area contributed by atoms with E-state index >= 15 is 0 Å². The van der Waals surface area contributed by atoms with Crippen molar-refractivity contribution in [1.29, 1.82) is 0 Å². The average Bonchev–Trinajstić information content (AvgIpc) is 2.88. The quantitative estimate of drug-likeness (QED) is 0.624. The molecule has 2 heterocycles. The molecule has 0 aliphatic carbocycles. The Morgan fingerprint density at radius 1 is 1.56 bits per heavy atom. The Kier molecular flexibility index (Phi) is 4.03. The Balaban J connectivity index is 2.06. The molecule has 8 heteroatoms. The Hall–Kier alpha value is -1.77. The molecular formula is C10H11N3O4S. The van der Waals surface area contributed by atoms with Gasteiger partial charge in [-0.25, -0.2) is 0 Å². The van der Waals surface area contributed by atoms with Crippen molar-refractivity contribution in [3.63, 3.8) is 0 Å². The lowest BCUT2D eigenvalue weighted by molar-refractivity contribution is -0.0213. The molecular weight excluding hydrogens is 258 g/mol. The standard InChI is InChI=1S/C10H11N3O4S/c1-16-5-17-4-7-2-6(12-13-7)3-8-9(14)11-10(15)18-8/h2-3,14H,4-5H2,1H3,(H,11,15). The third-order valence-corrected chi connectivity index (χ3v) is 2.81. The van der Waals surface area contributed by atoms with Crippen molar-refractivity contribution in [2.45, 2.75) is 0 Å². The monoisotopic (exact) mass is 269 g/mol. The van der Waals surface area contributed by atoms with Crippen molar-refractivity contribution in [3.8, 4) is 5.88 Å². The zero-order valence-electron chi connectivity index (χ0n) is 9.54. The van der Waals surface area contributed by atoms with E-state index in [0.29, 0.717) is 22.9 Å². The first-order chi connectivity index (χ1) is 8.69. The highest BCUT2D eigenvalue weighted by molar-refractivity contribution is 7.10. The van der Waals surface area contributed by atoms with Gasteiger partial charge >= 0.3 is 4.87 Å². The number of nitrogens with one attached hydrogen (secondary N) is 1. The van der Waals surface area contributed by atoms with E-state index in [4.69, 9.17) is 9.47 Å². The minimum atomic E-state index is -0.318. The van der Waals surface area contributed by atoms with Gasteiger partial charge in [-0.2, -0.15) is 10.2 Å². The molecule has 0 saturated carbocycles. The summed E-state index contributed by atoms with van der Waals surface area (Å²) in [4.78, 5) is 13.4. The second kappa shape index (κ2) is 5.71. The average molecular weight is 269 g/mol. The number of rotatable bonds is 5. The topological polar surface area (TPSA) is 96.3 Å². The fourth-order valence-electron chi connectivity index (χ4n) is 1.29. The first-order valence-electron chi connectivity index (χ1n) is 5.02. The van der Waals surface area contributed by atoms with Crippen LogP contribution >= 0.6 is 11.3 Å². The number of methoxy groups -OCH3 is 1. The predicted molar refractivity (Wildman–Crippen MR) is 65.3 cm³/mol. The maximum Gasteiger partial charge on any atom is 0.307 e. The highest BCUT2D eigenvalue weighted by Gasteiger charge is 2.09. The zero-order chi connectivity index (χ0) is 13.0. The molecule has 0 radical (unpaired) electrons. The molecule has 2 N–H and O–H groups in total. The normalized spacial score (nSPS) is 16.5. The van der Waals surface area contributed by atoms with Gasteiger partial charge in [-0.3, -0.25) is 9.78 Å². The zero-order valence-corrected chi connectivity index (χ0v) is 10.4. The van der Waals surface area contributed by atoms with Gasteiger partial charge in [0, 0.05) is 7.11 Å². The third-order valence-electron chi connectivity index (χ3n) is 2.00. The summed E-state index contributed by atoms with van der Waals surface area (Å²) in [5, 5.41) is 17.2. The molecule has 7 nitrogen and oxygen atoms in total. The molecule has 0 saturated heterocycles. The molecule has 96 valence electrons. The SMILES string of the molecule is COCOCC1=CC(=Cc2sc(=O)[nH]c2O)N=N1. The van der Waals surface area contributed by atoms with E-state index in [1.807, 2.05) is 0 Å². The summed E-state index contributed by atoms with van der Waals surface area (Å²) in [6.45, 7) is 0.482. The van der Waals surface area contributed by atoms with Crippen molar-refractivity contribution in [2.24, 2.45) is 10.2 Å². The van der Waals surface area contributed by atoms with Crippen molar-refractivity contribution < 1.29 is 14.6 Å². The molecule has 0 bridgehead atoms. The summed E-state index contributed by atoms with van der Waals surface area (Å²) in [6, 6.07) is 0. The van der Waals surface area contributed by atoms with E-state index in [2.05, 4.69) is 15.2 Å².